The van der Waals surface area contributed by atoms with E-state index in [1.807, 2.05) is 31.2 Å². The molecular weight excluding hydrogens is 420 g/mol. The van der Waals surface area contributed by atoms with E-state index in [1.54, 1.807) is 5.01 Å². The maximum Gasteiger partial charge on any atom is 0.261 e. The van der Waals surface area contributed by atoms with Crippen molar-refractivity contribution in [2.75, 3.05) is 29.5 Å². The molecule has 1 saturated heterocycles. The number of benzene rings is 3. The van der Waals surface area contributed by atoms with Crippen LogP contribution < -0.4 is 9.91 Å². The van der Waals surface area contributed by atoms with Gasteiger partial charge in [0, 0.05) is 31.9 Å². The Hall–Kier alpha value is -3.44. The lowest BCUT2D eigenvalue weighted by Gasteiger charge is -2.53. The number of nitrogens with zero attached hydrogens (tertiary/aromatic N) is 4. The summed E-state index contributed by atoms with van der Waals surface area (Å²) in [7, 11) is 0. The fraction of sp³-hybridized carbons (Fsp3) is 0.310. The van der Waals surface area contributed by atoms with E-state index in [4.69, 9.17) is 5.10 Å². The minimum absolute atomic E-state index is 0.0477. The summed E-state index contributed by atoms with van der Waals surface area (Å²) in [6.07, 6.45) is 0.694. The third-order valence-electron chi connectivity index (χ3n) is 7.80. The van der Waals surface area contributed by atoms with E-state index in [0.717, 1.165) is 37.6 Å². The highest BCUT2D eigenvalue weighted by Gasteiger charge is 2.59. The molecule has 3 aliphatic rings. The van der Waals surface area contributed by atoms with E-state index in [9.17, 15) is 4.79 Å². The molecule has 0 saturated carbocycles. The fourth-order valence-corrected chi connectivity index (χ4v) is 5.97. The van der Waals surface area contributed by atoms with Gasteiger partial charge >= 0.3 is 0 Å². The summed E-state index contributed by atoms with van der Waals surface area (Å²) in [5.41, 5.74) is 6.10. The van der Waals surface area contributed by atoms with Crippen LogP contribution in [0.25, 0.3) is 0 Å². The zero-order chi connectivity index (χ0) is 23.3. The van der Waals surface area contributed by atoms with Crippen LogP contribution in [0.15, 0.2) is 84.0 Å². The summed E-state index contributed by atoms with van der Waals surface area (Å²) in [5.74, 6) is 0.0971. The summed E-state index contributed by atoms with van der Waals surface area (Å²) in [6, 6.07) is 27.4. The largest absolute Gasteiger partial charge is 0.364 e. The molecular formula is C29H30N4O. The maximum absolute atomic E-state index is 14.3. The number of hydrazone groups is 1. The summed E-state index contributed by atoms with van der Waals surface area (Å²) in [6.45, 7) is 7.72. The summed E-state index contributed by atoms with van der Waals surface area (Å²) in [5, 5.41) is 6.52. The van der Waals surface area contributed by atoms with Gasteiger partial charge in [0.05, 0.1) is 17.4 Å². The SMILES string of the molecule is CC1=NN(c2ccc(C)cc2)C(=O)C12Cc1ccccc1N1CCN(Cc3ccccc3)CC12. The Morgan fingerprint density at radius 1 is 0.912 bits per heavy atom. The number of rotatable bonds is 3. The number of hydrogen-bond acceptors (Lipinski definition) is 4. The third kappa shape index (κ3) is 3.26. The van der Waals surface area contributed by atoms with Crippen molar-refractivity contribution in [3.63, 3.8) is 0 Å². The number of amides is 1. The molecule has 0 aromatic heterocycles. The molecule has 34 heavy (non-hydrogen) atoms. The van der Waals surface area contributed by atoms with Gasteiger partial charge in [0.2, 0.25) is 0 Å². The van der Waals surface area contributed by atoms with Crippen molar-refractivity contribution in [1.82, 2.24) is 4.90 Å². The molecule has 1 spiro atoms. The average molecular weight is 451 g/mol. The van der Waals surface area contributed by atoms with Crippen molar-refractivity contribution < 1.29 is 4.79 Å². The number of aryl methyl sites for hydroxylation is 1. The van der Waals surface area contributed by atoms with Crippen LogP contribution in [0.5, 0.6) is 0 Å². The van der Waals surface area contributed by atoms with E-state index in [-0.39, 0.29) is 11.9 Å². The van der Waals surface area contributed by atoms with E-state index < -0.39 is 5.41 Å². The van der Waals surface area contributed by atoms with Crippen LogP contribution in [0, 0.1) is 12.3 Å². The number of anilines is 2. The quantitative estimate of drug-likeness (QED) is 0.583. The maximum atomic E-state index is 14.3. The fourth-order valence-electron chi connectivity index (χ4n) is 5.97. The lowest BCUT2D eigenvalue weighted by atomic mass is 9.67. The minimum Gasteiger partial charge on any atom is -0.364 e. The third-order valence-corrected chi connectivity index (χ3v) is 7.80. The molecule has 2 atom stereocenters. The van der Waals surface area contributed by atoms with Crippen LogP contribution >= 0.6 is 0 Å². The zero-order valence-corrected chi connectivity index (χ0v) is 19.8. The Labute approximate surface area is 201 Å². The first kappa shape index (κ1) is 21.1. The van der Waals surface area contributed by atoms with Crippen molar-refractivity contribution in [1.29, 1.82) is 0 Å². The van der Waals surface area contributed by atoms with Crippen LogP contribution in [0.4, 0.5) is 11.4 Å². The Kier molecular flexibility index (Phi) is 5.03. The van der Waals surface area contributed by atoms with Crippen LogP contribution in [-0.4, -0.2) is 42.2 Å². The molecule has 3 aromatic carbocycles. The molecule has 0 bridgehead atoms. The lowest BCUT2D eigenvalue weighted by molar-refractivity contribution is -0.125. The number of carbonyl (C=O) groups is 1. The highest BCUT2D eigenvalue weighted by atomic mass is 16.2. The number of hydrogen-bond donors (Lipinski definition) is 0. The lowest BCUT2D eigenvalue weighted by Crippen LogP contribution is -2.66. The highest BCUT2D eigenvalue weighted by Crippen LogP contribution is 2.48. The van der Waals surface area contributed by atoms with Crippen LogP contribution in [0.2, 0.25) is 0 Å². The smallest absolute Gasteiger partial charge is 0.261 e. The molecule has 0 aliphatic carbocycles. The molecule has 0 N–H and O–H groups in total. The standard InChI is InChI=1S/C29H30N4O/c1-21-12-14-25(15-13-21)33-28(34)29(22(2)30-33)18-24-10-6-7-11-26(24)32-17-16-31(20-27(29)32)19-23-8-4-3-5-9-23/h3-15,27H,16-20H2,1-2H3. The van der Waals surface area contributed by atoms with E-state index in [0.29, 0.717) is 6.42 Å². The predicted molar refractivity (Wildman–Crippen MR) is 137 cm³/mol. The van der Waals surface area contributed by atoms with E-state index >= 15 is 0 Å². The molecule has 5 nitrogen and oxygen atoms in total. The van der Waals surface area contributed by atoms with Gasteiger partial charge in [0.1, 0.15) is 5.41 Å². The molecule has 0 radical (unpaired) electrons. The monoisotopic (exact) mass is 450 g/mol. The van der Waals surface area contributed by atoms with Crippen LogP contribution in [-0.2, 0) is 17.8 Å². The molecule has 1 fully saturated rings. The van der Waals surface area contributed by atoms with Crippen molar-refractivity contribution in [2.24, 2.45) is 10.5 Å². The van der Waals surface area contributed by atoms with Gasteiger partial charge in [-0.25, -0.2) is 0 Å². The van der Waals surface area contributed by atoms with Crippen molar-refractivity contribution in [3.05, 3.63) is 95.6 Å². The topological polar surface area (TPSA) is 39.2 Å². The van der Waals surface area contributed by atoms with Gasteiger partial charge in [-0.05, 0) is 49.6 Å². The summed E-state index contributed by atoms with van der Waals surface area (Å²) >= 11 is 0. The second-order valence-corrected chi connectivity index (χ2v) is 9.84. The second-order valence-electron chi connectivity index (χ2n) is 9.84. The number of para-hydroxylation sites is 1. The number of piperazine rings is 1. The van der Waals surface area contributed by atoms with Crippen molar-refractivity contribution in [2.45, 2.75) is 32.9 Å². The van der Waals surface area contributed by atoms with E-state index in [2.05, 4.69) is 71.3 Å². The highest BCUT2D eigenvalue weighted by molar-refractivity contribution is 6.20. The van der Waals surface area contributed by atoms with Gasteiger partial charge in [-0.15, -0.1) is 0 Å². The molecule has 3 heterocycles. The molecule has 1 amide bonds. The van der Waals surface area contributed by atoms with E-state index in [1.165, 1.54) is 22.4 Å². The van der Waals surface area contributed by atoms with Gasteiger partial charge in [-0.1, -0.05) is 66.2 Å². The molecule has 172 valence electrons. The summed E-state index contributed by atoms with van der Waals surface area (Å²) < 4.78 is 0. The van der Waals surface area contributed by atoms with Crippen LogP contribution in [0.1, 0.15) is 23.6 Å². The summed E-state index contributed by atoms with van der Waals surface area (Å²) in [4.78, 5) is 19.3. The van der Waals surface area contributed by atoms with Crippen molar-refractivity contribution in [3.8, 4) is 0 Å². The van der Waals surface area contributed by atoms with Crippen molar-refractivity contribution >= 4 is 23.0 Å². The Bertz CT molecular complexity index is 1250. The molecule has 6 rings (SSSR count). The number of fused-ring (bicyclic) bond motifs is 4. The first-order valence-corrected chi connectivity index (χ1v) is 12.1. The van der Waals surface area contributed by atoms with Gasteiger partial charge < -0.3 is 4.90 Å². The van der Waals surface area contributed by atoms with Gasteiger partial charge in [-0.2, -0.15) is 10.1 Å². The zero-order valence-electron chi connectivity index (χ0n) is 19.8. The Morgan fingerprint density at radius 2 is 1.65 bits per heavy atom. The second kappa shape index (κ2) is 8.10. The molecule has 2 unspecified atom stereocenters. The van der Waals surface area contributed by atoms with Gasteiger partial charge in [0.25, 0.3) is 5.91 Å². The average Bonchev–Trinajstić information content (AvgIpc) is 3.11. The Balaban J connectivity index is 1.39. The molecule has 3 aliphatic heterocycles. The first-order valence-electron chi connectivity index (χ1n) is 12.1. The van der Waals surface area contributed by atoms with Gasteiger partial charge in [-0.3, -0.25) is 9.69 Å². The van der Waals surface area contributed by atoms with Crippen LogP contribution in [0.3, 0.4) is 0 Å². The predicted octanol–water partition coefficient (Wildman–Crippen LogP) is 4.65. The number of carbonyl (C=O) groups excluding carboxylic acids is 1. The first-order chi connectivity index (χ1) is 16.6. The molecule has 3 aromatic rings. The Morgan fingerprint density at radius 3 is 2.44 bits per heavy atom. The normalized spacial score (nSPS) is 24.2. The molecule has 5 heteroatoms. The van der Waals surface area contributed by atoms with Gasteiger partial charge in [0.15, 0.2) is 0 Å². The minimum atomic E-state index is -0.658.